The number of rotatable bonds is 4. The summed E-state index contributed by atoms with van der Waals surface area (Å²) in [5, 5.41) is 9.57. The minimum absolute atomic E-state index is 0.0387. The number of hydrogen-bond acceptors (Lipinski definition) is 3. The van der Waals surface area contributed by atoms with Crippen molar-refractivity contribution < 1.29 is 14.7 Å². The molecule has 1 fully saturated rings. The lowest BCUT2D eigenvalue weighted by atomic mass is 9.90. The number of carboxylic acid groups (broad SMARTS) is 1. The summed E-state index contributed by atoms with van der Waals surface area (Å²) >= 11 is 0. The first-order valence-electron chi connectivity index (χ1n) is 5.91. The lowest BCUT2D eigenvalue weighted by Gasteiger charge is -2.38. The molecule has 1 N–H and O–H groups in total. The first-order chi connectivity index (χ1) is 8.48. The Labute approximate surface area is 105 Å². The molecule has 1 amide bonds. The van der Waals surface area contributed by atoms with E-state index in [9.17, 15) is 14.7 Å². The lowest BCUT2D eigenvalue weighted by Crippen LogP contribution is -2.53. The van der Waals surface area contributed by atoms with Crippen LogP contribution in [0.3, 0.4) is 0 Å². The molecule has 0 radical (unpaired) electrons. The van der Waals surface area contributed by atoms with E-state index in [1.807, 2.05) is 0 Å². The first kappa shape index (κ1) is 12.5. The van der Waals surface area contributed by atoms with Crippen molar-refractivity contribution in [2.24, 2.45) is 0 Å². The summed E-state index contributed by atoms with van der Waals surface area (Å²) in [6, 6.07) is 3.33. The van der Waals surface area contributed by atoms with E-state index in [4.69, 9.17) is 0 Å². The van der Waals surface area contributed by atoms with Crippen molar-refractivity contribution in [2.75, 3.05) is 0 Å². The average Bonchev–Trinajstić information content (AvgIpc) is 3.13. The molecule has 0 spiro atoms. The fourth-order valence-corrected chi connectivity index (χ4v) is 2.31. The van der Waals surface area contributed by atoms with Crippen LogP contribution in [-0.4, -0.2) is 32.9 Å². The van der Waals surface area contributed by atoms with Gasteiger partial charge in [0.2, 0.25) is 5.91 Å². The second-order valence-corrected chi connectivity index (χ2v) is 4.73. The van der Waals surface area contributed by atoms with Crippen molar-refractivity contribution in [3.63, 3.8) is 0 Å². The molecule has 5 heteroatoms. The quantitative estimate of drug-likeness (QED) is 0.874. The van der Waals surface area contributed by atoms with Gasteiger partial charge in [0, 0.05) is 25.4 Å². The Kier molecular flexibility index (Phi) is 3.07. The maximum Gasteiger partial charge on any atom is 0.334 e. The van der Waals surface area contributed by atoms with Gasteiger partial charge in [0.15, 0.2) is 5.54 Å². The minimum atomic E-state index is -1.32. The van der Waals surface area contributed by atoms with E-state index in [1.54, 1.807) is 31.5 Å². The number of aliphatic carboxylic acids is 1. The molecular formula is C13H16N2O3. The van der Waals surface area contributed by atoms with Crippen LogP contribution in [0.25, 0.3) is 0 Å². The van der Waals surface area contributed by atoms with Gasteiger partial charge in [-0.3, -0.25) is 9.78 Å². The first-order valence-corrected chi connectivity index (χ1v) is 5.91. The smallest absolute Gasteiger partial charge is 0.334 e. The van der Waals surface area contributed by atoms with Crippen LogP contribution in [0.15, 0.2) is 24.5 Å². The zero-order valence-electron chi connectivity index (χ0n) is 10.5. The highest BCUT2D eigenvalue weighted by Crippen LogP contribution is 2.38. The van der Waals surface area contributed by atoms with Crippen LogP contribution in [0, 0.1) is 0 Å². The Bertz CT molecular complexity index is 470. The number of hydrogen-bond donors (Lipinski definition) is 1. The molecule has 1 heterocycles. The molecule has 18 heavy (non-hydrogen) atoms. The van der Waals surface area contributed by atoms with Crippen LogP contribution < -0.4 is 0 Å². The second kappa shape index (κ2) is 4.40. The van der Waals surface area contributed by atoms with Gasteiger partial charge in [-0.25, -0.2) is 4.79 Å². The molecule has 0 aromatic carbocycles. The molecule has 2 rings (SSSR count). The van der Waals surface area contributed by atoms with Crippen LogP contribution >= 0.6 is 0 Å². The highest BCUT2D eigenvalue weighted by molar-refractivity contribution is 5.87. The van der Waals surface area contributed by atoms with E-state index in [0.29, 0.717) is 5.56 Å². The molecule has 0 bridgehead atoms. The van der Waals surface area contributed by atoms with Gasteiger partial charge in [-0.1, -0.05) is 0 Å². The molecule has 0 saturated heterocycles. The van der Waals surface area contributed by atoms with Crippen molar-refractivity contribution in [1.82, 2.24) is 9.88 Å². The Morgan fingerprint density at radius 1 is 1.39 bits per heavy atom. The molecule has 5 nitrogen and oxygen atoms in total. The van der Waals surface area contributed by atoms with Gasteiger partial charge < -0.3 is 10.0 Å². The van der Waals surface area contributed by atoms with E-state index in [-0.39, 0.29) is 11.9 Å². The van der Waals surface area contributed by atoms with E-state index in [1.165, 1.54) is 11.8 Å². The maximum atomic E-state index is 11.8. The standard InChI is InChI=1S/C13H16N2O3/c1-9(16)15(11-3-4-11)13(2,12(17)18)10-5-7-14-8-6-10/h5-8,11H,3-4H2,1-2H3,(H,17,18). The molecule has 1 aromatic rings. The van der Waals surface area contributed by atoms with Gasteiger partial charge in [-0.05, 0) is 37.5 Å². The number of carboxylic acids is 1. The fraction of sp³-hybridized carbons (Fsp3) is 0.462. The van der Waals surface area contributed by atoms with Crippen molar-refractivity contribution in [2.45, 2.75) is 38.3 Å². The predicted octanol–water partition coefficient (Wildman–Crippen LogP) is 1.39. The average molecular weight is 248 g/mol. The van der Waals surface area contributed by atoms with Crippen LogP contribution in [0.1, 0.15) is 32.3 Å². The number of carbonyl (C=O) groups excluding carboxylic acids is 1. The molecule has 1 unspecified atom stereocenters. The molecule has 0 aliphatic heterocycles. The number of nitrogens with zero attached hydrogens (tertiary/aromatic N) is 2. The summed E-state index contributed by atoms with van der Waals surface area (Å²) < 4.78 is 0. The Morgan fingerprint density at radius 3 is 2.33 bits per heavy atom. The van der Waals surface area contributed by atoms with Crippen LogP contribution in [0.2, 0.25) is 0 Å². The largest absolute Gasteiger partial charge is 0.479 e. The predicted molar refractivity (Wildman–Crippen MR) is 64.8 cm³/mol. The van der Waals surface area contributed by atoms with Gasteiger partial charge in [-0.15, -0.1) is 0 Å². The van der Waals surface area contributed by atoms with E-state index in [0.717, 1.165) is 12.8 Å². The van der Waals surface area contributed by atoms with E-state index < -0.39 is 11.5 Å². The Morgan fingerprint density at radius 2 is 1.94 bits per heavy atom. The van der Waals surface area contributed by atoms with Gasteiger partial charge in [-0.2, -0.15) is 0 Å². The number of aromatic nitrogens is 1. The summed E-state index contributed by atoms with van der Waals surface area (Å²) in [5.74, 6) is -1.23. The molecule has 96 valence electrons. The summed E-state index contributed by atoms with van der Waals surface area (Å²) in [7, 11) is 0. The maximum absolute atomic E-state index is 11.8. The fourth-order valence-electron chi connectivity index (χ4n) is 2.31. The highest BCUT2D eigenvalue weighted by atomic mass is 16.4. The third-order valence-electron chi connectivity index (χ3n) is 3.39. The number of amides is 1. The van der Waals surface area contributed by atoms with Gasteiger partial charge in [0.1, 0.15) is 0 Å². The Balaban J connectivity index is 2.49. The van der Waals surface area contributed by atoms with Gasteiger partial charge in [0.25, 0.3) is 0 Å². The second-order valence-electron chi connectivity index (χ2n) is 4.73. The van der Waals surface area contributed by atoms with Crippen molar-refractivity contribution in [3.8, 4) is 0 Å². The number of pyridine rings is 1. The van der Waals surface area contributed by atoms with Crippen molar-refractivity contribution in [1.29, 1.82) is 0 Å². The van der Waals surface area contributed by atoms with Crippen LogP contribution in [0.5, 0.6) is 0 Å². The van der Waals surface area contributed by atoms with E-state index >= 15 is 0 Å². The van der Waals surface area contributed by atoms with Gasteiger partial charge >= 0.3 is 5.97 Å². The molecule has 1 aliphatic carbocycles. The summed E-state index contributed by atoms with van der Waals surface area (Å²) in [6.45, 7) is 2.99. The van der Waals surface area contributed by atoms with Crippen molar-refractivity contribution >= 4 is 11.9 Å². The van der Waals surface area contributed by atoms with Crippen LogP contribution in [-0.2, 0) is 15.1 Å². The number of carbonyl (C=O) groups is 2. The molecular weight excluding hydrogens is 232 g/mol. The SMILES string of the molecule is CC(=O)N(C1CC1)C(C)(C(=O)O)c1ccncc1. The zero-order valence-corrected chi connectivity index (χ0v) is 10.5. The zero-order chi connectivity index (χ0) is 13.3. The van der Waals surface area contributed by atoms with Crippen LogP contribution in [0.4, 0.5) is 0 Å². The molecule has 1 atom stereocenters. The third kappa shape index (κ3) is 1.96. The summed E-state index contributed by atoms with van der Waals surface area (Å²) in [5.41, 5.74) is -0.747. The summed E-state index contributed by atoms with van der Waals surface area (Å²) in [4.78, 5) is 28.8. The topological polar surface area (TPSA) is 70.5 Å². The monoisotopic (exact) mass is 248 g/mol. The summed E-state index contributed by atoms with van der Waals surface area (Å²) in [6.07, 6.45) is 4.82. The normalized spacial score (nSPS) is 17.9. The lowest BCUT2D eigenvalue weighted by molar-refractivity contribution is -0.159. The molecule has 1 saturated carbocycles. The Hall–Kier alpha value is -1.91. The third-order valence-corrected chi connectivity index (χ3v) is 3.39. The van der Waals surface area contributed by atoms with Crippen molar-refractivity contribution in [3.05, 3.63) is 30.1 Å². The molecule has 1 aliphatic rings. The van der Waals surface area contributed by atoms with Gasteiger partial charge in [0.05, 0.1) is 0 Å². The highest BCUT2D eigenvalue weighted by Gasteiger charge is 2.49. The molecule has 1 aromatic heterocycles. The van der Waals surface area contributed by atoms with E-state index in [2.05, 4.69) is 4.98 Å². The minimum Gasteiger partial charge on any atom is -0.479 e.